The number of nitrogens with one attached hydrogen (secondary N) is 5. The molecule has 0 saturated heterocycles. The molecule has 1 heterocycles. The molecule has 1 fully saturated rings. The molecule has 272 valence electrons. The quantitative estimate of drug-likeness (QED) is 0.136. The smallest absolute Gasteiger partial charge is 0.408 e. The largest absolute Gasteiger partial charge is 0.444 e. The highest BCUT2D eigenvalue weighted by Gasteiger charge is 2.32. The van der Waals surface area contributed by atoms with E-state index in [1.54, 1.807) is 27.0 Å². The second-order valence-corrected chi connectivity index (χ2v) is 14.7. The van der Waals surface area contributed by atoms with Crippen LogP contribution >= 0.6 is 0 Å². The molecule has 49 heavy (non-hydrogen) atoms. The van der Waals surface area contributed by atoms with Crippen molar-refractivity contribution in [2.75, 3.05) is 6.54 Å². The summed E-state index contributed by atoms with van der Waals surface area (Å²) in [5.74, 6) is -0.296. The molecule has 2 aromatic rings. The number of nitrogens with zero attached hydrogens (tertiary/aromatic N) is 1. The monoisotopic (exact) mass is 682 g/mol. The van der Waals surface area contributed by atoms with Crippen LogP contribution in [-0.2, 0) is 32.0 Å². The van der Waals surface area contributed by atoms with Gasteiger partial charge in [0.2, 0.25) is 17.7 Å². The first-order chi connectivity index (χ1) is 23.3. The molecule has 1 aromatic carbocycles. The number of benzene rings is 1. The number of amides is 4. The van der Waals surface area contributed by atoms with Gasteiger partial charge < -0.3 is 36.1 Å². The van der Waals surface area contributed by atoms with E-state index in [-0.39, 0.29) is 25.2 Å². The molecule has 1 aliphatic carbocycles. The number of imidazole rings is 1. The lowest BCUT2D eigenvalue weighted by Gasteiger charge is -2.32. The fraction of sp³-hybridized carbons (Fsp3) is 0.649. The summed E-state index contributed by atoms with van der Waals surface area (Å²) in [7, 11) is 0. The number of hydrogen-bond acceptors (Lipinski definition) is 7. The highest BCUT2D eigenvalue weighted by molar-refractivity contribution is 5.91. The van der Waals surface area contributed by atoms with E-state index in [1.165, 1.54) is 12.7 Å². The van der Waals surface area contributed by atoms with Crippen molar-refractivity contribution in [3.63, 3.8) is 0 Å². The van der Waals surface area contributed by atoms with E-state index in [2.05, 4.69) is 45.1 Å². The molecule has 6 N–H and O–H groups in total. The van der Waals surface area contributed by atoms with Crippen LogP contribution in [0.2, 0.25) is 0 Å². The van der Waals surface area contributed by atoms with Crippen molar-refractivity contribution < 1.29 is 29.0 Å². The molecule has 0 radical (unpaired) electrons. The highest BCUT2D eigenvalue weighted by Crippen LogP contribution is 2.28. The number of aromatic amines is 1. The Morgan fingerprint density at radius 1 is 0.939 bits per heavy atom. The molecular weight excluding hydrogens is 624 g/mol. The molecular formula is C37H58N6O6. The maximum atomic E-state index is 14.0. The summed E-state index contributed by atoms with van der Waals surface area (Å²) in [6.07, 6.45) is 9.27. The Balaban J connectivity index is 1.77. The average molecular weight is 683 g/mol. The summed E-state index contributed by atoms with van der Waals surface area (Å²) in [6.45, 7) is 9.64. The van der Waals surface area contributed by atoms with E-state index in [9.17, 15) is 24.3 Å². The lowest BCUT2D eigenvalue weighted by atomic mass is 9.83. The number of H-pyrrole nitrogens is 1. The molecule has 12 nitrogen and oxygen atoms in total. The minimum absolute atomic E-state index is 0.0545. The molecule has 4 amide bonds. The standard InChI is InChI=1S/C37H58N6O6/c1-25(2)16-17-33(45)39-19-18-32(44)29(20-26-12-8-6-9-13-26)41-35(47)31(22-28-23-38-24-40-28)42-34(46)30(21-27-14-10-7-11-15-27)43-36(48)49-37(3,4)5/h7,10-11,14-15,23-26,29-32,44H,6,8-9,12-13,16-22H2,1-5H3,(H,38,40)(H,39,45)(H,41,47)(H,42,46)(H,43,48)/t29-,30-,31-,32-/m0/s1. The molecule has 0 bridgehead atoms. The van der Waals surface area contributed by atoms with E-state index in [1.807, 2.05) is 30.3 Å². The molecule has 4 atom stereocenters. The third kappa shape index (κ3) is 15.4. The second-order valence-electron chi connectivity index (χ2n) is 14.7. The first-order valence-corrected chi connectivity index (χ1v) is 17.8. The van der Waals surface area contributed by atoms with Gasteiger partial charge in [0.25, 0.3) is 0 Å². The number of alkyl carbamates (subject to hydrolysis) is 1. The van der Waals surface area contributed by atoms with Crippen molar-refractivity contribution in [1.82, 2.24) is 31.2 Å². The van der Waals surface area contributed by atoms with Gasteiger partial charge in [-0.15, -0.1) is 0 Å². The van der Waals surface area contributed by atoms with Gasteiger partial charge in [-0.05, 0) is 57.4 Å². The Hall–Kier alpha value is -3.93. The van der Waals surface area contributed by atoms with E-state index in [0.29, 0.717) is 36.9 Å². The van der Waals surface area contributed by atoms with Crippen LogP contribution in [0.15, 0.2) is 42.9 Å². The zero-order valence-corrected chi connectivity index (χ0v) is 29.9. The van der Waals surface area contributed by atoms with Crippen molar-refractivity contribution in [2.24, 2.45) is 11.8 Å². The maximum Gasteiger partial charge on any atom is 0.408 e. The van der Waals surface area contributed by atoms with Crippen molar-refractivity contribution in [3.8, 4) is 0 Å². The minimum atomic E-state index is -1.04. The maximum absolute atomic E-state index is 14.0. The second kappa shape index (κ2) is 19.9. The van der Waals surface area contributed by atoms with Crippen LogP contribution in [0.5, 0.6) is 0 Å². The molecule has 1 aliphatic rings. The number of ether oxygens (including phenoxy) is 1. The lowest BCUT2D eigenvalue weighted by molar-refractivity contribution is -0.131. The number of hydrogen-bond donors (Lipinski definition) is 6. The molecule has 1 saturated carbocycles. The third-order valence-electron chi connectivity index (χ3n) is 8.72. The predicted molar refractivity (Wildman–Crippen MR) is 188 cm³/mol. The minimum Gasteiger partial charge on any atom is -0.444 e. The topological polar surface area (TPSA) is 175 Å². The summed E-state index contributed by atoms with van der Waals surface area (Å²) >= 11 is 0. The van der Waals surface area contributed by atoms with Crippen LogP contribution in [0.4, 0.5) is 4.79 Å². The Morgan fingerprint density at radius 3 is 2.24 bits per heavy atom. The number of aliphatic hydroxyl groups is 1. The number of aromatic nitrogens is 2. The summed E-state index contributed by atoms with van der Waals surface area (Å²) in [4.78, 5) is 60.0. The van der Waals surface area contributed by atoms with Gasteiger partial charge in [-0.25, -0.2) is 9.78 Å². The van der Waals surface area contributed by atoms with Crippen molar-refractivity contribution in [3.05, 3.63) is 54.1 Å². The van der Waals surface area contributed by atoms with Gasteiger partial charge in [0.15, 0.2) is 0 Å². The summed E-state index contributed by atoms with van der Waals surface area (Å²) in [6, 6.07) is 6.63. The van der Waals surface area contributed by atoms with Gasteiger partial charge in [0.05, 0.1) is 18.5 Å². The number of aliphatic hydroxyl groups excluding tert-OH is 1. The van der Waals surface area contributed by atoms with Crippen LogP contribution in [-0.4, -0.2) is 75.3 Å². The fourth-order valence-electron chi connectivity index (χ4n) is 6.05. The first-order valence-electron chi connectivity index (χ1n) is 17.8. The Labute approximate surface area is 291 Å². The van der Waals surface area contributed by atoms with Crippen LogP contribution in [0.25, 0.3) is 0 Å². The Bertz CT molecular complexity index is 1290. The van der Waals surface area contributed by atoms with E-state index in [4.69, 9.17) is 4.74 Å². The zero-order valence-electron chi connectivity index (χ0n) is 29.9. The van der Waals surface area contributed by atoms with Gasteiger partial charge in [0.1, 0.15) is 17.7 Å². The number of carbonyl (C=O) groups is 4. The highest BCUT2D eigenvalue weighted by atomic mass is 16.6. The fourth-order valence-corrected chi connectivity index (χ4v) is 6.05. The SMILES string of the molecule is CC(C)CCC(=O)NCC[C@H](O)[C@H](CC1CCCCC1)NC(=O)[C@H](Cc1cnc[nH]1)NC(=O)[C@H](Cc1ccccc1)NC(=O)OC(C)(C)C. The van der Waals surface area contributed by atoms with E-state index in [0.717, 1.165) is 37.7 Å². The third-order valence-corrected chi connectivity index (χ3v) is 8.72. The van der Waals surface area contributed by atoms with Crippen molar-refractivity contribution >= 4 is 23.8 Å². The van der Waals surface area contributed by atoms with Gasteiger partial charge in [-0.1, -0.05) is 76.3 Å². The first kappa shape index (κ1) is 39.5. The van der Waals surface area contributed by atoms with Gasteiger partial charge in [-0.3, -0.25) is 14.4 Å². The Kier molecular flexibility index (Phi) is 16.1. The lowest BCUT2D eigenvalue weighted by Crippen LogP contribution is -2.57. The van der Waals surface area contributed by atoms with Crippen LogP contribution in [0, 0.1) is 11.8 Å². The average Bonchev–Trinajstić information content (AvgIpc) is 3.56. The van der Waals surface area contributed by atoms with Crippen molar-refractivity contribution in [2.45, 2.75) is 135 Å². The summed E-state index contributed by atoms with van der Waals surface area (Å²) < 4.78 is 5.44. The van der Waals surface area contributed by atoms with Gasteiger partial charge >= 0.3 is 6.09 Å². The zero-order chi connectivity index (χ0) is 35.8. The van der Waals surface area contributed by atoms with Crippen LogP contribution < -0.4 is 21.3 Å². The summed E-state index contributed by atoms with van der Waals surface area (Å²) in [5, 5.41) is 22.9. The Morgan fingerprint density at radius 2 is 1.61 bits per heavy atom. The predicted octanol–water partition coefficient (Wildman–Crippen LogP) is 4.33. The molecule has 12 heteroatoms. The summed E-state index contributed by atoms with van der Waals surface area (Å²) in [5.41, 5.74) is 0.681. The molecule has 0 aliphatic heterocycles. The van der Waals surface area contributed by atoms with Gasteiger partial charge in [-0.2, -0.15) is 0 Å². The number of carbonyl (C=O) groups excluding carboxylic acids is 4. The van der Waals surface area contributed by atoms with E-state index >= 15 is 0 Å². The molecule has 1 aromatic heterocycles. The number of rotatable bonds is 18. The van der Waals surface area contributed by atoms with Crippen molar-refractivity contribution in [1.29, 1.82) is 0 Å². The van der Waals surface area contributed by atoms with Crippen LogP contribution in [0.3, 0.4) is 0 Å². The van der Waals surface area contributed by atoms with Crippen LogP contribution in [0.1, 0.15) is 104 Å². The molecule has 0 unspecified atom stereocenters. The normalized spacial score (nSPS) is 16.2. The molecule has 0 spiro atoms. The van der Waals surface area contributed by atoms with E-state index < -0.39 is 47.7 Å². The van der Waals surface area contributed by atoms with Gasteiger partial charge in [0, 0.05) is 37.7 Å². The molecule has 3 rings (SSSR count).